The van der Waals surface area contributed by atoms with Crippen molar-refractivity contribution >= 4 is 51.4 Å². The van der Waals surface area contributed by atoms with Crippen LogP contribution in [0, 0.1) is 0 Å². The van der Waals surface area contributed by atoms with Gasteiger partial charge in [0.2, 0.25) is 5.91 Å². The molecule has 13 nitrogen and oxygen atoms in total. The smallest absolute Gasteiger partial charge is 0.317 e. The van der Waals surface area contributed by atoms with E-state index in [0.717, 1.165) is 14.8 Å². The number of amides is 1. The summed E-state index contributed by atoms with van der Waals surface area (Å²) in [6.07, 6.45) is 1.63. The number of carbonyl (C=O) groups is 5. The highest BCUT2D eigenvalue weighted by Gasteiger charge is 2.32. The fraction of sp³-hybridized carbons (Fsp3) is 0.444. The highest BCUT2D eigenvalue weighted by molar-refractivity contribution is 8.76. The van der Waals surface area contributed by atoms with E-state index in [2.05, 4.69) is 10.3 Å². The lowest BCUT2D eigenvalue weighted by atomic mass is 10.2. The Morgan fingerprint density at radius 3 is 1.97 bits per heavy atom. The van der Waals surface area contributed by atoms with Gasteiger partial charge in [-0.25, -0.2) is 4.98 Å². The molecule has 0 aromatic carbocycles. The van der Waals surface area contributed by atoms with Crippen LogP contribution in [-0.4, -0.2) is 116 Å². The molecule has 1 atom stereocenters. The van der Waals surface area contributed by atoms with Gasteiger partial charge in [0.05, 0.1) is 26.2 Å². The van der Waals surface area contributed by atoms with Crippen LogP contribution >= 0.6 is 21.6 Å². The average Bonchev–Trinajstić information content (AvgIpc) is 2.70. The summed E-state index contributed by atoms with van der Waals surface area (Å²) in [7, 11) is 2.77. The van der Waals surface area contributed by atoms with Crippen LogP contribution in [0.15, 0.2) is 29.4 Å². The molecular formula is C18H24N4O9S2. The van der Waals surface area contributed by atoms with Crippen molar-refractivity contribution in [1.82, 2.24) is 20.1 Å². The molecule has 0 saturated heterocycles. The molecule has 0 bridgehead atoms. The van der Waals surface area contributed by atoms with Crippen LogP contribution in [0.2, 0.25) is 0 Å². The molecular weight excluding hydrogens is 480 g/mol. The van der Waals surface area contributed by atoms with Crippen molar-refractivity contribution in [3.63, 3.8) is 0 Å². The molecule has 1 amide bonds. The van der Waals surface area contributed by atoms with E-state index in [1.54, 1.807) is 18.3 Å². The molecule has 33 heavy (non-hydrogen) atoms. The molecule has 1 rings (SSSR count). The van der Waals surface area contributed by atoms with E-state index in [0.29, 0.717) is 5.75 Å². The molecule has 0 spiro atoms. The van der Waals surface area contributed by atoms with Gasteiger partial charge in [-0.1, -0.05) is 16.9 Å². The van der Waals surface area contributed by atoms with Crippen LogP contribution < -0.4 is 5.32 Å². The molecule has 0 aliphatic rings. The van der Waals surface area contributed by atoms with Crippen LogP contribution in [0.4, 0.5) is 0 Å². The molecule has 0 aliphatic heterocycles. The van der Waals surface area contributed by atoms with Gasteiger partial charge in [-0.15, -0.1) is 0 Å². The summed E-state index contributed by atoms with van der Waals surface area (Å²) >= 11 is 0. The zero-order valence-corrected chi connectivity index (χ0v) is 19.0. The number of pyridine rings is 1. The van der Waals surface area contributed by atoms with Crippen LogP contribution in [0.5, 0.6) is 0 Å². The van der Waals surface area contributed by atoms with Crippen molar-refractivity contribution in [2.75, 3.05) is 45.0 Å². The van der Waals surface area contributed by atoms with E-state index in [9.17, 15) is 24.0 Å². The lowest BCUT2D eigenvalue weighted by Gasteiger charge is -2.31. The average molecular weight is 505 g/mol. The van der Waals surface area contributed by atoms with Crippen molar-refractivity contribution in [2.24, 2.45) is 0 Å². The number of carboxylic acid groups (broad SMARTS) is 4. The Hall–Kier alpha value is -2.88. The molecule has 1 heterocycles. The Bertz CT molecular complexity index is 796. The number of rotatable bonds is 17. The van der Waals surface area contributed by atoms with Gasteiger partial charge in [0.15, 0.2) is 0 Å². The number of hydrogen-bond donors (Lipinski definition) is 5. The lowest BCUT2D eigenvalue weighted by molar-refractivity contribution is -0.148. The van der Waals surface area contributed by atoms with Gasteiger partial charge >= 0.3 is 23.9 Å². The molecule has 0 fully saturated rings. The van der Waals surface area contributed by atoms with Gasteiger partial charge < -0.3 is 25.7 Å². The van der Waals surface area contributed by atoms with Crippen molar-refractivity contribution in [1.29, 1.82) is 0 Å². The third-order valence-electron chi connectivity index (χ3n) is 3.84. The number of aliphatic carboxylic acids is 4. The first-order valence-corrected chi connectivity index (χ1v) is 11.7. The topological polar surface area (TPSA) is 198 Å². The van der Waals surface area contributed by atoms with E-state index in [1.807, 2.05) is 6.07 Å². The molecule has 1 unspecified atom stereocenters. The number of carboxylic acids is 4. The second-order valence-corrected chi connectivity index (χ2v) is 8.97. The fourth-order valence-electron chi connectivity index (χ4n) is 2.63. The van der Waals surface area contributed by atoms with Crippen LogP contribution in [0.1, 0.15) is 0 Å². The number of hydrogen-bond acceptors (Lipinski definition) is 10. The van der Waals surface area contributed by atoms with Crippen molar-refractivity contribution < 1.29 is 44.4 Å². The molecule has 0 saturated carbocycles. The molecule has 0 aliphatic carbocycles. The quantitative estimate of drug-likeness (QED) is 0.131. The van der Waals surface area contributed by atoms with Gasteiger partial charge in [0.1, 0.15) is 11.1 Å². The zero-order chi connectivity index (χ0) is 24.8. The van der Waals surface area contributed by atoms with Gasteiger partial charge in [-0.2, -0.15) is 0 Å². The van der Waals surface area contributed by atoms with Crippen molar-refractivity contribution in [3.05, 3.63) is 24.4 Å². The highest BCUT2D eigenvalue weighted by Crippen LogP contribution is 2.28. The minimum Gasteiger partial charge on any atom is -0.480 e. The number of carbonyl (C=O) groups excluding carboxylic acids is 1. The Balaban J connectivity index is 2.87. The van der Waals surface area contributed by atoms with Crippen LogP contribution in [0.3, 0.4) is 0 Å². The molecule has 15 heteroatoms. The van der Waals surface area contributed by atoms with Crippen molar-refractivity contribution in [3.8, 4) is 0 Å². The summed E-state index contributed by atoms with van der Waals surface area (Å²) in [6.45, 7) is -3.46. The maximum atomic E-state index is 12.8. The second-order valence-electron chi connectivity index (χ2n) is 6.53. The van der Waals surface area contributed by atoms with E-state index in [-0.39, 0.29) is 6.54 Å². The van der Waals surface area contributed by atoms with Gasteiger partial charge in [0.25, 0.3) is 0 Å². The maximum absolute atomic E-state index is 12.8. The van der Waals surface area contributed by atoms with Crippen LogP contribution in [0.25, 0.3) is 0 Å². The Labute approximate surface area is 196 Å². The predicted molar refractivity (Wildman–Crippen MR) is 118 cm³/mol. The minimum absolute atomic E-state index is 0.145. The molecule has 182 valence electrons. The Morgan fingerprint density at radius 1 is 0.909 bits per heavy atom. The summed E-state index contributed by atoms with van der Waals surface area (Å²) in [5.74, 6) is -5.84. The summed E-state index contributed by atoms with van der Waals surface area (Å²) in [4.78, 5) is 63.3. The standard InChI is InChI=1S/C18H24N4O9S2/c23-14(24)8-21(9-15(25)26)7-12(22(10-16(27)28)11-17(29)30)18(31)20-5-6-32-33-13-3-1-2-4-19-13/h1-4,12H,5-11H2,(H,20,31)(H,23,24)(H,25,26)(H,27,28)(H,29,30). The largest absolute Gasteiger partial charge is 0.480 e. The minimum atomic E-state index is -1.41. The fourth-order valence-corrected chi connectivity index (χ4v) is 4.42. The highest BCUT2D eigenvalue weighted by atomic mass is 33.1. The van der Waals surface area contributed by atoms with Crippen molar-refractivity contribution in [2.45, 2.75) is 11.1 Å². The monoisotopic (exact) mass is 504 g/mol. The lowest BCUT2D eigenvalue weighted by Crippen LogP contribution is -2.56. The molecule has 0 radical (unpaired) electrons. The summed E-state index contributed by atoms with van der Waals surface area (Å²) < 4.78 is 0. The maximum Gasteiger partial charge on any atom is 0.317 e. The van der Waals surface area contributed by atoms with Gasteiger partial charge in [0, 0.05) is 25.0 Å². The molecule has 5 N–H and O–H groups in total. The predicted octanol–water partition coefficient (Wildman–Crippen LogP) is -0.751. The summed E-state index contributed by atoms with van der Waals surface area (Å²) in [5.41, 5.74) is 0. The third kappa shape index (κ3) is 12.7. The van der Waals surface area contributed by atoms with E-state index in [4.69, 9.17) is 20.4 Å². The molecule has 1 aromatic heterocycles. The summed E-state index contributed by atoms with van der Waals surface area (Å²) in [5, 5.41) is 39.6. The van der Waals surface area contributed by atoms with E-state index >= 15 is 0 Å². The van der Waals surface area contributed by atoms with Crippen LogP contribution in [-0.2, 0) is 24.0 Å². The summed E-state index contributed by atoms with van der Waals surface area (Å²) in [6, 6.07) is 3.99. The number of aromatic nitrogens is 1. The number of nitrogens with one attached hydrogen (secondary N) is 1. The second kappa shape index (κ2) is 15.0. The van der Waals surface area contributed by atoms with Gasteiger partial charge in [-0.3, -0.25) is 33.8 Å². The van der Waals surface area contributed by atoms with Gasteiger partial charge in [-0.05, 0) is 22.9 Å². The SMILES string of the molecule is O=C(O)CN(CC(=O)O)CC(C(=O)NCCSSc1ccccn1)N(CC(=O)O)CC(=O)O. The normalized spacial score (nSPS) is 11.8. The van der Waals surface area contributed by atoms with E-state index in [1.165, 1.54) is 21.6 Å². The first-order chi connectivity index (χ1) is 15.6. The first-order valence-electron chi connectivity index (χ1n) is 9.40. The Morgan fingerprint density at radius 2 is 1.48 bits per heavy atom. The molecule has 1 aromatic rings. The Kier molecular flexibility index (Phi) is 12.8. The zero-order valence-electron chi connectivity index (χ0n) is 17.3. The first kappa shape index (κ1) is 28.2. The third-order valence-corrected chi connectivity index (χ3v) is 6.10. The van der Waals surface area contributed by atoms with E-state index < -0.39 is 68.6 Å². The number of nitrogens with zero attached hydrogens (tertiary/aromatic N) is 3.